The lowest BCUT2D eigenvalue weighted by Gasteiger charge is -2.17. The predicted octanol–water partition coefficient (Wildman–Crippen LogP) is 2.11. The molecule has 0 spiro atoms. The monoisotopic (exact) mass is 237 g/mol. The Morgan fingerprint density at radius 1 is 1.47 bits per heavy atom. The van der Waals surface area contributed by atoms with Crippen molar-refractivity contribution in [1.29, 1.82) is 0 Å². The molecule has 0 saturated carbocycles. The molecule has 1 saturated heterocycles. The maximum Gasteiger partial charge on any atom is 0.163 e. The minimum Gasteiger partial charge on any atom is -0.490 e. The van der Waals surface area contributed by atoms with Gasteiger partial charge in [0.1, 0.15) is 18.5 Å². The summed E-state index contributed by atoms with van der Waals surface area (Å²) < 4.78 is 16.8. The van der Waals surface area contributed by atoms with Gasteiger partial charge < -0.3 is 19.9 Å². The third-order valence-corrected chi connectivity index (χ3v) is 2.70. The Hall–Kier alpha value is -1.26. The highest BCUT2D eigenvalue weighted by molar-refractivity contribution is 5.47. The normalized spacial score (nSPS) is 22.6. The zero-order valence-electron chi connectivity index (χ0n) is 10.5. The zero-order chi connectivity index (χ0) is 12.5. The largest absolute Gasteiger partial charge is 0.490 e. The van der Waals surface area contributed by atoms with Crippen molar-refractivity contribution in [1.82, 2.24) is 0 Å². The van der Waals surface area contributed by atoms with Crippen LogP contribution in [0.3, 0.4) is 0 Å². The molecule has 4 nitrogen and oxygen atoms in total. The van der Waals surface area contributed by atoms with Crippen LogP contribution in [0.5, 0.6) is 5.75 Å². The van der Waals surface area contributed by atoms with Gasteiger partial charge >= 0.3 is 0 Å². The molecular formula is C13H19NO3. The van der Waals surface area contributed by atoms with Crippen molar-refractivity contribution in [3.05, 3.63) is 23.8 Å². The highest BCUT2D eigenvalue weighted by Gasteiger charge is 2.32. The number of aryl methyl sites for hydroxylation is 1. The van der Waals surface area contributed by atoms with E-state index in [4.69, 9.17) is 19.9 Å². The minimum atomic E-state index is -0.501. The molecule has 17 heavy (non-hydrogen) atoms. The summed E-state index contributed by atoms with van der Waals surface area (Å²) in [5.41, 5.74) is 7.49. The standard InChI is InChI=1S/C13H19NO3/c1-9-4-5-10(14)6-12(9)15-7-11-8-16-13(2,3)17-11/h4-6,11H,7-8,14H2,1-3H3/t11-/m1/s1. The lowest BCUT2D eigenvalue weighted by Crippen LogP contribution is -2.25. The second-order valence-corrected chi connectivity index (χ2v) is 4.79. The van der Waals surface area contributed by atoms with Crippen LogP contribution < -0.4 is 10.5 Å². The smallest absolute Gasteiger partial charge is 0.163 e. The Balaban J connectivity index is 1.92. The number of anilines is 1. The second kappa shape index (κ2) is 4.55. The first-order chi connectivity index (χ1) is 7.96. The molecule has 1 fully saturated rings. The maximum absolute atomic E-state index is 5.72. The topological polar surface area (TPSA) is 53.7 Å². The number of hydrogen-bond acceptors (Lipinski definition) is 4. The van der Waals surface area contributed by atoms with E-state index in [0.717, 1.165) is 11.3 Å². The maximum atomic E-state index is 5.72. The molecule has 0 unspecified atom stereocenters. The summed E-state index contributed by atoms with van der Waals surface area (Å²) in [6.45, 7) is 6.84. The molecule has 0 aliphatic carbocycles. The van der Waals surface area contributed by atoms with Crippen LogP contribution >= 0.6 is 0 Å². The van der Waals surface area contributed by atoms with Crippen LogP contribution in [-0.2, 0) is 9.47 Å². The lowest BCUT2D eigenvalue weighted by atomic mass is 10.2. The second-order valence-electron chi connectivity index (χ2n) is 4.79. The average Bonchev–Trinajstić information content (AvgIpc) is 2.60. The van der Waals surface area contributed by atoms with Crippen molar-refractivity contribution >= 4 is 5.69 Å². The van der Waals surface area contributed by atoms with Crippen LogP contribution in [0.25, 0.3) is 0 Å². The van der Waals surface area contributed by atoms with Crippen molar-refractivity contribution in [2.24, 2.45) is 0 Å². The van der Waals surface area contributed by atoms with Crippen molar-refractivity contribution in [2.45, 2.75) is 32.7 Å². The Morgan fingerprint density at radius 2 is 2.24 bits per heavy atom. The average molecular weight is 237 g/mol. The number of nitrogens with two attached hydrogens (primary N) is 1. The molecule has 2 N–H and O–H groups in total. The molecule has 1 heterocycles. The minimum absolute atomic E-state index is 0.0224. The Morgan fingerprint density at radius 3 is 2.88 bits per heavy atom. The predicted molar refractivity (Wildman–Crippen MR) is 66.0 cm³/mol. The third kappa shape index (κ3) is 3.11. The van der Waals surface area contributed by atoms with Gasteiger partial charge in [-0.05, 0) is 32.4 Å². The number of rotatable bonds is 3. The fourth-order valence-corrected chi connectivity index (χ4v) is 1.80. The summed E-state index contributed by atoms with van der Waals surface area (Å²) in [5, 5.41) is 0. The first kappa shape index (κ1) is 12.2. The highest BCUT2D eigenvalue weighted by Crippen LogP contribution is 2.25. The highest BCUT2D eigenvalue weighted by atomic mass is 16.7. The number of ether oxygens (including phenoxy) is 3. The van der Waals surface area contributed by atoms with E-state index in [9.17, 15) is 0 Å². The van der Waals surface area contributed by atoms with E-state index in [1.54, 1.807) is 0 Å². The number of nitrogen functional groups attached to an aromatic ring is 1. The summed E-state index contributed by atoms with van der Waals surface area (Å²) in [5.74, 6) is 0.303. The summed E-state index contributed by atoms with van der Waals surface area (Å²) in [4.78, 5) is 0. The molecule has 1 aromatic rings. The van der Waals surface area contributed by atoms with Gasteiger partial charge in [0, 0.05) is 11.8 Å². The van der Waals surface area contributed by atoms with Crippen LogP contribution in [0.1, 0.15) is 19.4 Å². The first-order valence-corrected chi connectivity index (χ1v) is 5.77. The van der Waals surface area contributed by atoms with Gasteiger partial charge in [-0.1, -0.05) is 6.07 Å². The van der Waals surface area contributed by atoms with Crippen LogP contribution in [0.15, 0.2) is 18.2 Å². The molecular weight excluding hydrogens is 218 g/mol. The van der Waals surface area contributed by atoms with Gasteiger partial charge in [-0.3, -0.25) is 0 Å². The fourth-order valence-electron chi connectivity index (χ4n) is 1.80. The Bertz CT molecular complexity index is 404. The quantitative estimate of drug-likeness (QED) is 0.818. The Labute approximate surface area is 102 Å². The van der Waals surface area contributed by atoms with Crippen LogP contribution in [-0.4, -0.2) is 25.1 Å². The molecule has 1 atom stereocenters. The molecule has 94 valence electrons. The summed E-state index contributed by atoms with van der Waals surface area (Å²) in [7, 11) is 0. The van der Waals surface area contributed by atoms with E-state index < -0.39 is 5.79 Å². The van der Waals surface area contributed by atoms with E-state index in [2.05, 4.69) is 0 Å². The van der Waals surface area contributed by atoms with E-state index in [0.29, 0.717) is 18.9 Å². The van der Waals surface area contributed by atoms with Crippen LogP contribution in [0, 0.1) is 6.92 Å². The van der Waals surface area contributed by atoms with E-state index in [1.165, 1.54) is 0 Å². The molecule has 4 heteroatoms. The van der Waals surface area contributed by atoms with Gasteiger partial charge in [0.05, 0.1) is 6.61 Å². The van der Waals surface area contributed by atoms with E-state index in [-0.39, 0.29) is 6.10 Å². The van der Waals surface area contributed by atoms with Crippen molar-refractivity contribution in [3.8, 4) is 5.75 Å². The Kier molecular flexibility index (Phi) is 3.26. The molecule has 2 rings (SSSR count). The van der Waals surface area contributed by atoms with Gasteiger partial charge in [0.2, 0.25) is 0 Å². The number of hydrogen-bond donors (Lipinski definition) is 1. The molecule has 0 bridgehead atoms. The molecule has 0 amide bonds. The first-order valence-electron chi connectivity index (χ1n) is 5.77. The molecule has 1 aliphatic heterocycles. The van der Waals surface area contributed by atoms with Crippen LogP contribution in [0.4, 0.5) is 5.69 Å². The lowest BCUT2D eigenvalue weighted by molar-refractivity contribution is -0.141. The van der Waals surface area contributed by atoms with Crippen molar-refractivity contribution in [2.75, 3.05) is 18.9 Å². The van der Waals surface area contributed by atoms with Gasteiger partial charge in [-0.25, -0.2) is 0 Å². The summed E-state index contributed by atoms with van der Waals surface area (Å²) >= 11 is 0. The molecule has 1 aromatic carbocycles. The third-order valence-electron chi connectivity index (χ3n) is 2.70. The van der Waals surface area contributed by atoms with E-state index >= 15 is 0 Å². The summed E-state index contributed by atoms with van der Waals surface area (Å²) in [6.07, 6.45) is -0.0224. The fraction of sp³-hybridized carbons (Fsp3) is 0.538. The van der Waals surface area contributed by atoms with Gasteiger partial charge in [-0.15, -0.1) is 0 Å². The molecule has 0 radical (unpaired) electrons. The van der Waals surface area contributed by atoms with Crippen molar-refractivity contribution < 1.29 is 14.2 Å². The zero-order valence-corrected chi connectivity index (χ0v) is 10.5. The van der Waals surface area contributed by atoms with Crippen molar-refractivity contribution in [3.63, 3.8) is 0 Å². The van der Waals surface area contributed by atoms with E-state index in [1.807, 2.05) is 39.0 Å². The van der Waals surface area contributed by atoms with Crippen LogP contribution in [0.2, 0.25) is 0 Å². The molecule has 0 aromatic heterocycles. The SMILES string of the molecule is Cc1ccc(N)cc1OC[C@@H]1COC(C)(C)O1. The number of benzene rings is 1. The molecule has 1 aliphatic rings. The van der Waals surface area contributed by atoms with Gasteiger partial charge in [0.15, 0.2) is 5.79 Å². The van der Waals surface area contributed by atoms with Gasteiger partial charge in [0.25, 0.3) is 0 Å². The van der Waals surface area contributed by atoms with Gasteiger partial charge in [-0.2, -0.15) is 0 Å². The summed E-state index contributed by atoms with van der Waals surface area (Å²) in [6, 6.07) is 5.64.